The van der Waals surface area contributed by atoms with E-state index in [0.29, 0.717) is 81.7 Å². The molecule has 1 aromatic carbocycles. The number of aliphatic hydroxyl groups is 1. The standard InChI is InChI=1S/C24H33N9O4/c25-8-13-36-15-16-37-14-11-27-21(35)18-4-6-19(7-5-18)30-24-32-22(28-10-12-34)31-23(33-24)29-17-20-3-1-2-9-26-20/h1-7,9,34H,8,10-17,25H2,(H,27,35)(H3,28,29,30,31,32,33). The molecule has 0 saturated carbocycles. The Bertz CT molecular complexity index is 1070. The second-order valence-corrected chi connectivity index (χ2v) is 7.60. The third-order valence-corrected chi connectivity index (χ3v) is 4.75. The molecule has 0 aliphatic carbocycles. The van der Waals surface area contributed by atoms with Crippen LogP contribution in [0.3, 0.4) is 0 Å². The van der Waals surface area contributed by atoms with Crippen molar-refractivity contribution in [3.8, 4) is 0 Å². The minimum atomic E-state index is -0.203. The van der Waals surface area contributed by atoms with Crippen molar-refractivity contribution < 1.29 is 19.4 Å². The second-order valence-electron chi connectivity index (χ2n) is 7.60. The minimum absolute atomic E-state index is 0.0655. The van der Waals surface area contributed by atoms with Crippen molar-refractivity contribution >= 4 is 29.4 Å². The van der Waals surface area contributed by atoms with Gasteiger partial charge in [0.2, 0.25) is 17.8 Å². The van der Waals surface area contributed by atoms with E-state index in [2.05, 4.69) is 41.2 Å². The Kier molecular flexibility index (Phi) is 11.9. The zero-order chi connectivity index (χ0) is 26.1. The topological polar surface area (TPSA) is 181 Å². The van der Waals surface area contributed by atoms with Gasteiger partial charge in [0.1, 0.15) is 0 Å². The highest BCUT2D eigenvalue weighted by Crippen LogP contribution is 2.17. The summed E-state index contributed by atoms with van der Waals surface area (Å²) in [5, 5.41) is 21.1. The molecule has 0 unspecified atom stereocenters. The lowest BCUT2D eigenvalue weighted by Gasteiger charge is -2.11. The molecule has 1 amide bonds. The first-order valence-electron chi connectivity index (χ1n) is 11.9. The van der Waals surface area contributed by atoms with E-state index in [1.807, 2.05) is 18.2 Å². The van der Waals surface area contributed by atoms with E-state index in [1.165, 1.54) is 0 Å². The fourth-order valence-electron chi connectivity index (χ4n) is 3.01. The van der Waals surface area contributed by atoms with Gasteiger partial charge in [0, 0.05) is 37.1 Å². The Hall–Kier alpha value is -3.91. The Morgan fingerprint density at radius 3 is 2.30 bits per heavy atom. The first kappa shape index (κ1) is 27.7. The number of nitrogens with two attached hydrogens (primary N) is 1. The highest BCUT2D eigenvalue weighted by Gasteiger charge is 2.09. The number of hydrogen-bond acceptors (Lipinski definition) is 12. The van der Waals surface area contributed by atoms with Crippen molar-refractivity contribution in [1.82, 2.24) is 25.3 Å². The van der Waals surface area contributed by atoms with E-state index in [1.54, 1.807) is 30.5 Å². The zero-order valence-electron chi connectivity index (χ0n) is 20.5. The monoisotopic (exact) mass is 511 g/mol. The number of pyridine rings is 1. The number of carbonyl (C=O) groups excluding carboxylic acids is 1. The van der Waals surface area contributed by atoms with Crippen molar-refractivity contribution in [2.24, 2.45) is 5.73 Å². The van der Waals surface area contributed by atoms with Crippen LogP contribution in [0.1, 0.15) is 16.1 Å². The van der Waals surface area contributed by atoms with Crippen molar-refractivity contribution in [2.75, 3.05) is 68.6 Å². The molecule has 0 spiro atoms. The number of rotatable bonds is 17. The maximum atomic E-state index is 12.4. The average Bonchev–Trinajstić information content (AvgIpc) is 2.93. The van der Waals surface area contributed by atoms with Crippen LogP contribution in [0.15, 0.2) is 48.7 Å². The maximum absolute atomic E-state index is 12.4. The zero-order valence-corrected chi connectivity index (χ0v) is 20.5. The first-order chi connectivity index (χ1) is 18.2. The summed E-state index contributed by atoms with van der Waals surface area (Å²) in [7, 11) is 0. The third-order valence-electron chi connectivity index (χ3n) is 4.75. The summed E-state index contributed by atoms with van der Waals surface area (Å²) < 4.78 is 10.6. The van der Waals surface area contributed by atoms with Crippen LogP contribution >= 0.6 is 0 Å². The predicted molar refractivity (Wildman–Crippen MR) is 140 cm³/mol. The van der Waals surface area contributed by atoms with Crippen molar-refractivity contribution in [3.05, 3.63) is 59.9 Å². The lowest BCUT2D eigenvalue weighted by Crippen LogP contribution is -2.27. The smallest absolute Gasteiger partial charge is 0.251 e. The van der Waals surface area contributed by atoms with Crippen LogP contribution in [-0.4, -0.2) is 83.6 Å². The van der Waals surface area contributed by atoms with Crippen molar-refractivity contribution in [2.45, 2.75) is 6.54 Å². The van der Waals surface area contributed by atoms with Gasteiger partial charge in [0.25, 0.3) is 5.91 Å². The molecule has 7 N–H and O–H groups in total. The molecule has 0 saturated heterocycles. The van der Waals surface area contributed by atoms with E-state index in [0.717, 1.165) is 5.69 Å². The van der Waals surface area contributed by atoms with E-state index >= 15 is 0 Å². The number of amides is 1. The van der Waals surface area contributed by atoms with Gasteiger partial charge in [-0.25, -0.2) is 0 Å². The summed E-state index contributed by atoms with van der Waals surface area (Å²) in [6.07, 6.45) is 1.71. The third kappa shape index (κ3) is 10.3. The number of ether oxygens (including phenoxy) is 2. The normalized spacial score (nSPS) is 10.6. The Morgan fingerprint density at radius 1 is 0.865 bits per heavy atom. The number of benzene rings is 1. The van der Waals surface area contributed by atoms with E-state index in [4.69, 9.17) is 20.3 Å². The molecule has 198 valence electrons. The van der Waals surface area contributed by atoms with Crippen LogP contribution in [0.4, 0.5) is 23.5 Å². The summed E-state index contributed by atoms with van der Waals surface area (Å²) in [6.45, 7) is 3.34. The minimum Gasteiger partial charge on any atom is -0.395 e. The molecular formula is C24H33N9O4. The summed E-state index contributed by atoms with van der Waals surface area (Å²) >= 11 is 0. The molecule has 2 heterocycles. The van der Waals surface area contributed by atoms with E-state index < -0.39 is 0 Å². The quantitative estimate of drug-likeness (QED) is 0.140. The van der Waals surface area contributed by atoms with Gasteiger partial charge in [-0.2, -0.15) is 15.0 Å². The number of anilines is 4. The summed E-state index contributed by atoms with van der Waals surface area (Å²) in [5.41, 5.74) is 7.37. The van der Waals surface area contributed by atoms with Crippen molar-refractivity contribution in [3.63, 3.8) is 0 Å². The fourth-order valence-corrected chi connectivity index (χ4v) is 3.01. The van der Waals surface area contributed by atoms with Crippen LogP contribution in [-0.2, 0) is 16.0 Å². The average molecular weight is 512 g/mol. The molecule has 0 aliphatic heterocycles. The molecular weight excluding hydrogens is 478 g/mol. The molecule has 2 aromatic heterocycles. The number of aromatic nitrogens is 4. The van der Waals surface area contributed by atoms with Gasteiger partial charge in [0.05, 0.1) is 45.3 Å². The van der Waals surface area contributed by atoms with Gasteiger partial charge >= 0.3 is 0 Å². The van der Waals surface area contributed by atoms with Crippen LogP contribution in [0.5, 0.6) is 0 Å². The number of carbonyl (C=O) groups is 1. The highest BCUT2D eigenvalue weighted by molar-refractivity contribution is 5.94. The predicted octanol–water partition coefficient (Wildman–Crippen LogP) is 0.748. The lowest BCUT2D eigenvalue weighted by atomic mass is 10.2. The molecule has 3 rings (SSSR count). The van der Waals surface area contributed by atoms with Gasteiger partial charge in [-0.1, -0.05) is 6.07 Å². The van der Waals surface area contributed by atoms with Crippen LogP contribution in [0, 0.1) is 0 Å². The van der Waals surface area contributed by atoms with Crippen molar-refractivity contribution in [1.29, 1.82) is 0 Å². The number of nitrogens with one attached hydrogen (secondary N) is 4. The Balaban J connectivity index is 1.53. The van der Waals surface area contributed by atoms with Gasteiger partial charge in [-0.05, 0) is 36.4 Å². The molecule has 37 heavy (non-hydrogen) atoms. The molecule has 0 aliphatic rings. The van der Waals surface area contributed by atoms with Gasteiger partial charge in [-0.15, -0.1) is 0 Å². The molecule has 3 aromatic rings. The molecule has 13 nitrogen and oxygen atoms in total. The maximum Gasteiger partial charge on any atom is 0.251 e. The summed E-state index contributed by atoms with van der Waals surface area (Å²) in [4.78, 5) is 29.7. The SMILES string of the molecule is NCCOCCOCCNC(=O)c1ccc(Nc2nc(NCCO)nc(NCc3ccccn3)n2)cc1. The van der Waals surface area contributed by atoms with Gasteiger partial charge in [-0.3, -0.25) is 9.78 Å². The molecule has 0 fully saturated rings. The first-order valence-corrected chi connectivity index (χ1v) is 11.9. The fraction of sp³-hybridized carbons (Fsp3) is 0.375. The summed E-state index contributed by atoms with van der Waals surface area (Å²) in [6, 6.07) is 12.5. The number of nitrogens with zero attached hydrogens (tertiary/aromatic N) is 4. The molecule has 0 bridgehead atoms. The van der Waals surface area contributed by atoms with E-state index in [9.17, 15) is 4.79 Å². The molecule has 0 radical (unpaired) electrons. The van der Waals surface area contributed by atoms with Gasteiger partial charge < -0.3 is 41.6 Å². The lowest BCUT2D eigenvalue weighted by molar-refractivity contribution is 0.0511. The summed E-state index contributed by atoms with van der Waals surface area (Å²) in [5.74, 6) is 0.738. The number of hydrogen-bond donors (Lipinski definition) is 6. The van der Waals surface area contributed by atoms with Crippen LogP contribution in [0.25, 0.3) is 0 Å². The van der Waals surface area contributed by atoms with Gasteiger partial charge in [0.15, 0.2) is 0 Å². The molecule has 0 atom stereocenters. The molecule has 13 heteroatoms. The second kappa shape index (κ2) is 16.0. The van der Waals surface area contributed by atoms with Crippen LogP contribution < -0.4 is 27.0 Å². The largest absolute Gasteiger partial charge is 0.395 e. The number of aliphatic hydroxyl groups excluding tert-OH is 1. The van der Waals surface area contributed by atoms with E-state index in [-0.39, 0.29) is 12.5 Å². The highest BCUT2D eigenvalue weighted by atomic mass is 16.5. The van der Waals surface area contributed by atoms with Crippen LogP contribution in [0.2, 0.25) is 0 Å². The Labute approximate surface area is 215 Å². The Morgan fingerprint density at radius 2 is 1.59 bits per heavy atom.